The minimum Gasteiger partial charge on any atom is -0.473 e. The molecule has 0 amide bonds. The zero-order chi connectivity index (χ0) is 21.2. The van der Waals surface area contributed by atoms with Crippen molar-refractivity contribution in [1.29, 1.82) is 0 Å². The van der Waals surface area contributed by atoms with Gasteiger partial charge >= 0.3 is 11.9 Å². The van der Waals surface area contributed by atoms with Crippen molar-refractivity contribution in [3.63, 3.8) is 0 Å². The van der Waals surface area contributed by atoms with Crippen LogP contribution in [0.15, 0.2) is 53.0 Å². The molecule has 0 aliphatic carbocycles. The van der Waals surface area contributed by atoms with Gasteiger partial charge in [-0.15, -0.1) is 0 Å². The van der Waals surface area contributed by atoms with Crippen LogP contribution in [-0.2, 0) is 29.1 Å². The van der Waals surface area contributed by atoms with Crippen molar-refractivity contribution in [3.05, 3.63) is 69.7 Å². The number of carboxylic acid groups (broad SMARTS) is 2. The predicted molar refractivity (Wildman–Crippen MR) is 116 cm³/mol. The maximum absolute atomic E-state index is 9.10. The summed E-state index contributed by atoms with van der Waals surface area (Å²) < 4.78 is 1.17. The third kappa shape index (κ3) is 8.35. The van der Waals surface area contributed by atoms with Crippen molar-refractivity contribution in [2.45, 2.75) is 26.4 Å². The minimum absolute atomic E-state index is 1.05. The van der Waals surface area contributed by atoms with Crippen molar-refractivity contribution in [3.8, 4) is 0 Å². The molecule has 7 heteroatoms. The first-order chi connectivity index (χ1) is 13.9. The van der Waals surface area contributed by atoms with Gasteiger partial charge in [-0.3, -0.25) is 9.80 Å². The van der Waals surface area contributed by atoms with Crippen molar-refractivity contribution in [2.24, 2.45) is 0 Å². The van der Waals surface area contributed by atoms with Gasteiger partial charge in [0, 0.05) is 43.7 Å². The summed E-state index contributed by atoms with van der Waals surface area (Å²) in [5.41, 5.74) is 4.25. The predicted octanol–water partition coefficient (Wildman–Crippen LogP) is 3.48. The van der Waals surface area contributed by atoms with Crippen LogP contribution in [0.25, 0.3) is 0 Å². The molecule has 1 fully saturated rings. The van der Waals surface area contributed by atoms with Crippen LogP contribution in [0.1, 0.15) is 23.6 Å². The molecule has 1 aliphatic rings. The highest BCUT2D eigenvalue weighted by Gasteiger charge is 2.17. The quantitative estimate of drug-likeness (QED) is 0.661. The van der Waals surface area contributed by atoms with E-state index in [1.807, 2.05) is 0 Å². The Hall–Kier alpha value is -2.22. The average molecular weight is 463 g/mol. The summed E-state index contributed by atoms with van der Waals surface area (Å²) in [6.45, 7) is 8.96. The fraction of sp³-hybridized carbons (Fsp3) is 0.364. The van der Waals surface area contributed by atoms with E-state index in [0.717, 1.165) is 45.7 Å². The Kier molecular flexibility index (Phi) is 9.31. The number of halogens is 1. The van der Waals surface area contributed by atoms with E-state index in [-0.39, 0.29) is 0 Å². The van der Waals surface area contributed by atoms with Gasteiger partial charge < -0.3 is 10.2 Å². The van der Waals surface area contributed by atoms with Crippen molar-refractivity contribution >= 4 is 27.9 Å². The van der Waals surface area contributed by atoms with Gasteiger partial charge in [-0.2, -0.15) is 0 Å². The second-order valence-electron chi connectivity index (χ2n) is 6.96. The van der Waals surface area contributed by atoms with Crippen molar-refractivity contribution in [1.82, 2.24) is 9.80 Å². The molecule has 1 saturated heterocycles. The molecule has 0 unspecified atom stereocenters. The van der Waals surface area contributed by atoms with Crippen LogP contribution in [0.3, 0.4) is 0 Å². The smallest absolute Gasteiger partial charge is 0.414 e. The molecule has 156 valence electrons. The molecule has 6 nitrogen and oxygen atoms in total. The number of benzene rings is 2. The van der Waals surface area contributed by atoms with Crippen LogP contribution in [0.2, 0.25) is 0 Å². The molecule has 2 aromatic carbocycles. The van der Waals surface area contributed by atoms with E-state index in [4.69, 9.17) is 19.8 Å². The van der Waals surface area contributed by atoms with Crippen LogP contribution >= 0.6 is 15.9 Å². The summed E-state index contributed by atoms with van der Waals surface area (Å²) in [6.07, 6.45) is 1.12. The number of aryl methyl sites for hydroxylation is 1. The van der Waals surface area contributed by atoms with E-state index < -0.39 is 11.9 Å². The SMILES string of the molecule is CCc1ccc(CN2CCN(Cc3cccc(Br)c3)CC2)cc1.O=C(O)C(=O)O. The van der Waals surface area contributed by atoms with Crippen LogP contribution < -0.4 is 0 Å². The van der Waals surface area contributed by atoms with Gasteiger partial charge in [-0.25, -0.2) is 9.59 Å². The zero-order valence-electron chi connectivity index (χ0n) is 16.6. The van der Waals surface area contributed by atoms with Gasteiger partial charge in [-0.05, 0) is 35.2 Å². The normalized spacial score (nSPS) is 14.7. The molecule has 0 saturated carbocycles. The van der Waals surface area contributed by atoms with E-state index in [2.05, 4.69) is 81.2 Å². The maximum atomic E-state index is 9.10. The summed E-state index contributed by atoms with van der Waals surface area (Å²) in [6, 6.07) is 17.7. The highest BCUT2D eigenvalue weighted by atomic mass is 79.9. The Morgan fingerprint density at radius 1 is 0.828 bits per heavy atom. The molecule has 1 aliphatic heterocycles. The van der Waals surface area contributed by atoms with Gasteiger partial charge in [0.05, 0.1) is 0 Å². The highest BCUT2D eigenvalue weighted by molar-refractivity contribution is 9.10. The number of hydrogen-bond acceptors (Lipinski definition) is 4. The monoisotopic (exact) mass is 462 g/mol. The summed E-state index contributed by atoms with van der Waals surface area (Å²) in [7, 11) is 0. The molecule has 29 heavy (non-hydrogen) atoms. The van der Waals surface area contributed by atoms with E-state index in [9.17, 15) is 0 Å². The summed E-state index contributed by atoms with van der Waals surface area (Å²) in [4.78, 5) is 23.3. The first-order valence-corrected chi connectivity index (χ1v) is 10.4. The molecule has 0 bridgehead atoms. The van der Waals surface area contributed by atoms with E-state index in [1.54, 1.807) is 0 Å². The van der Waals surface area contributed by atoms with Gasteiger partial charge in [-0.1, -0.05) is 59.3 Å². The number of carbonyl (C=O) groups is 2. The first-order valence-electron chi connectivity index (χ1n) is 9.60. The van der Waals surface area contributed by atoms with Crippen LogP contribution in [-0.4, -0.2) is 58.1 Å². The van der Waals surface area contributed by atoms with E-state index >= 15 is 0 Å². The summed E-state index contributed by atoms with van der Waals surface area (Å²) >= 11 is 3.56. The zero-order valence-corrected chi connectivity index (χ0v) is 18.1. The van der Waals surface area contributed by atoms with Crippen LogP contribution in [0.4, 0.5) is 0 Å². The Bertz CT molecular complexity index is 791. The second kappa shape index (κ2) is 11.7. The lowest BCUT2D eigenvalue weighted by Crippen LogP contribution is -2.45. The molecule has 0 aromatic heterocycles. The number of aliphatic carboxylic acids is 2. The van der Waals surface area contributed by atoms with E-state index in [0.29, 0.717) is 0 Å². The number of hydrogen-bond donors (Lipinski definition) is 2. The molecule has 0 spiro atoms. The topological polar surface area (TPSA) is 81.1 Å². The standard InChI is InChI=1S/C20H25BrN2.C2H2O4/c1-2-17-6-8-18(9-7-17)15-22-10-12-23(13-11-22)16-19-4-3-5-20(21)14-19;3-1(4)2(5)6/h3-9,14H,2,10-13,15-16H2,1H3;(H,3,4)(H,5,6). The largest absolute Gasteiger partial charge is 0.473 e. The Balaban J connectivity index is 0.000000438. The number of carboxylic acids is 2. The van der Waals surface area contributed by atoms with Gasteiger partial charge in [0.1, 0.15) is 0 Å². The van der Waals surface area contributed by atoms with Gasteiger partial charge in [0.25, 0.3) is 0 Å². The van der Waals surface area contributed by atoms with Crippen molar-refractivity contribution in [2.75, 3.05) is 26.2 Å². The Labute approximate surface area is 179 Å². The number of rotatable bonds is 5. The molecule has 0 atom stereocenters. The fourth-order valence-corrected chi connectivity index (χ4v) is 3.58. The highest BCUT2D eigenvalue weighted by Crippen LogP contribution is 2.15. The molecule has 1 heterocycles. The number of piperazine rings is 1. The lowest BCUT2D eigenvalue weighted by atomic mass is 10.1. The van der Waals surface area contributed by atoms with Gasteiger partial charge in [0.2, 0.25) is 0 Å². The minimum atomic E-state index is -1.82. The van der Waals surface area contributed by atoms with E-state index in [1.165, 1.54) is 21.2 Å². The first kappa shape index (κ1) is 23.1. The molecule has 2 aromatic rings. The van der Waals surface area contributed by atoms with Crippen LogP contribution in [0, 0.1) is 0 Å². The maximum Gasteiger partial charge on any atom is 0.414 e. The molecular formula is C22H27BrN2O4. The second-order valence-corrected chi connectivity index (χ2v) is 7.88. The summed E-state index contributed by atoms with van der Waals surface area (Å²) in [5.74, 6) is -3.65. The third-order valence-electron chi connectivity index (χ3n) is 4.78. The Morgan fingerprint density at radius 3 is 1.76 bits per heavy atom. The lowest BCUT2D eigenvalue weighted by Gasteiger charge is -2.34. The molecular weight excluding hydrogens is 436 g/mol. The fourth-order valence-electron chi connectivity index (χ4n) is 3.14. The average Bonchev–Trinajstić information content (AvgIpc) is 2.70. The number of nitrogens with zero attached hydrogens (tertiary/aromatic N) is 2. The third-order valence-corrected chi connectivity index (χ3v) is 5.27. The van der Waals surface area contributed by atoms with Crippen LogP contribution in [0.5, 0.6) is 0 Å². The Morgan fingerprint density at radius 2 is 1.31 bits per heavy atom. The lowest BCUT2D eigenvalue weighted by molar-refractivity contribution is -0.159. The molecule has 0 radical (unpaired) electrons. The van der Waals surface area contributed by atoms with Gasteiger partial charge in [0.15, 0.2) is 0 Å². The summed E-state index contributed by atoms with van der Waals surface area (Å²) in [5, 5.41) is 14.8. The van der Waals surface area contributed by atoms with Crippen molar-refractivity contribution < 1.29 is 19.8 Å². The molecule has 3 rings (SSSR count). The molecule has 2 N–H and O–H groups in total.